The van der Waals surface area contributed by atoms with E-state index in [0.29, 0.717) is 34.4 Å². The zero-order valence-electron chi connectivity index (χ0n) is 21.4. The van der Waals surface area contributed by atoms with Gasteiger partial charge in [0.2, 0.25) is 5.95 Å². The van der Waals surface area contributed by atoms with Crippen molar-refractivity contribution in [3.05, 3.63) is 77.9 Å². The number of piperazine rings is 1. The van der Waals surface area contributed by atoms with Crippen molar-refractivity contribution in [3.63, 3.8) is 0 Å². The van der Waals surface area contributed by atoms with Gasteiger partial charge in [-0.15, -0.1) is 0 Å². The van der Waals surface area contributed by atoms with Gasteiger partial charge in [-0.1, -0.05) is 6.07 Å². The van der Waals surface area contributed by atoms with E-state index in [-0.39, 0.29) is 5.91 Å². The fourth-order valence-electron chi connectivity index (χ4n) is 4.36. The second-order valence-electron chi connectivity index (χ2n) is 9.34. The Morgan fingerprint density at radius 1 is 1.05 bits per heavy atom. The highest BCUT2D eigenvalue weighted by molar-refractivity contribution is 6.05. The predicted molar refractivity (Wildman–Crippen MR) is 147 cm³/mol. The van der Waals surface area contributed by atoms with Crippen molar-refractivity contribution in [2.24, 2.45) is 0 Å². The van der Waals surface area contributed by atoms with Crippen LogP contribution in [0.15, 0.2) is 61.2 Å². The van der Waals surface area contributed by atoms with Gasteiger partial charge in [-0.2, -0.15) is 0 Å². The highest BCUT2D eigenvalue weighted by atomic mass is 19.1. The zero-order chi connectivity index (χ0) is 26.6. The summed E-state index contributed by atoms with van der Waals surface area (Å²) in [6, 6.07) is 12.5. The Bertz CT molecular complexity index is 1450. The van der Waals surface area contributed by atoms with E-state index in [4.69, 9.17) is 5.73 Å². The molecule has 38 heavy (non-hydrogen) atoms. The number of nitrogens with two attached hydrogens (primary N) is 1. The number of nitrogens with zero attached hydrogens (tertiary/aromatic N) is 6. The van der Waals surface area contributed by atoms with Crippen LogP contribution in [-0.2, 0) is 6.67 Å². The van der Waals surface area contributed by atoms with E-state index in [2.05, 4.69) is 42.4 Å². The summed E-state index contributed by atoms with van der Waals surface area (Å²) in [6.07, 6.45) is 4.81. The van der Waals surface area contributed by atoms with Crippen molar-refractivity contribution in [1.29, 1.82) is 0 Å². The number of aryl methyl sites for hydroxylation is 1. The Morgan fingerprint density at radius 2 is 1.87 bits per heavy atom. The number of nitrogens with one attached hydrogen (secondary N) is 2. The van der Waals surface area contributed by atoms with Gasteiger partial charge in [-0.05, 0) is 55.4 Å². The minimum atomic E-state index is -0.634. The first-order valence-electron chi connectivity index (χ1n) is 12.3. The molecule has 196 valence electrons. The zero-order valence-corrected chi connectivity index (χ0v) is 21.4. The Balaban J connectivity index is 1.36. The molecule has 5 rings (SSSR count). The molecule has 4 aromatic rings. The number of benzene rings is 2. The van der Waals surface area contributed by atoms with Gasteiger partial charge in [0.25, 0.3) is 5.91 Å². The molecule has 2 aromatic carbocycles. The summed E-state index contributed by atoms with van der Waals surface area (Å²) >= 11 is 0. The van der Waals surface area contributed by atoms with Gasteiger partial charge >= 0.3 is 0 Å². The monoisotopic (exact) mass is 515 g/mol. The van der Waals surface area contributed by atoms with Gasteiger partial charge in [0, 0.05) is 67.3 Å². The highest BCUT2D eigenvalue weighted by Crippen LogP contribution is 2.26. The van der Waals surface area contributed by atoms with E-state index in [0.717, 1.165) is 43.1 Å². The number of aromatic nitrogens is 4. The molecule has 0 unspecified atom stereocenters. The van der Waals surface area contributed by atoms with Crippen LogP contribution in [0.1, 0.15) is 21.5 Å². The van der Waals surface area contributed by atoms with Crippen LogP contribution in [-0.4, -0.2) is 63.6 Å². The molecule has 2 aromatic heterocycles. The molecule has 1 amide bonds. The van der Waals surface area contributed by atoms with Gasteiger partial charge < -0.3 is 26.2 Å². The molecule has 1 aliphatic heterocycles. The van der Waals surface area contributed by atoms with Gasteiger partial charge in [-0.25, -0.2) is 19.3 Å². The maximum absolute atomic E-state index is 13.7. The first kappa shape index (κ1) is 25.2. The highest BCUT2D eigenvalue weighted by Gasteiger charge is 2.18. The minimum Gasteiger partial charge on any atom is -0.384 e. The number of nitrogen functional groups attached to an aromatic ring is 1. The van der Waals surface area contributed by atoms with E-state index < -0.39 is 6.67 Å². The van der Waals surface area contributed by atoms with Gasteiger partial charge in [-0.3, -0.25) is 9.36 Å². The summed E-state index contributed by atoms with van der Waals surface area (Å²) in [5.41, 5.74) is 9.88. The first-order chi connectivity index (χ1) is 18.4. The summed E-state index contributed by atoms with van der Waals surface area (Å²) < 4.78 is 15.4. The normalized spacial score (nSPS) is 13.9. The number of carbonyl (C=O) groups is 1. The quantitative estimate of drug-likeness (QED) is 0.341. The third-order valence-electron chi connectivity index (χ3n) is 6.57. The van der Waals surface area contributed by atoms with Crippen LogP contribution in [0.25, 0.3) is 5.82 Å². The van der Waals surface area contributed by atoms with Gasteiger partial charge in [0.1, 0.15) is 24.6 Å². The topological polar surface area (TPSA) is 117 Å². The summed E-state index contributed by atoms with van der Waals surface area (Å²) in [5.74, 6) is 1.15. The summed E-state index contributed by atoms with van der Waals surface area (Å²) in [5, 5.41) is 6.26. The van der Waals surface area contributed by atoms with E-state index in [1.807, 2.05) is 37.3 Å². The maximum atomic E-state index is 13.7. The second kappa shape index (κ2) is 10.9. The van der Waals surface area contributed by atoms with E-state index in [1.165, 1.54) is 6.33 Å². The molecule has 0 bridgehead atoms. The minimum absolute atomic E-state index is 0.302. The van der Waals surface area contributed by atoms with Crippen LogP contribution in [0, 0.1) is 6.92 Å². The van der Waals surface area contributed by atoms with Crippen molar-refractivity contribution in [1.82, 2.24) is 24.4 Å². The number of alkyl halides is 1. The Kier molecular flexibility index (Phi) is 7.18. The molecule has 3 heterocycles. The molecule has 1 saturated heterocycles. The van der Waals surface area contributed by atoms with Crippen LogP contribution >= 0.6 is 0 Å². The number of anilines is 5. The molecule has 4 N–H and O–H groups in total. The predicted octanol–water partition coefficient (Wildman–Crippen LogP) is 3.77. The van der Waals surface area contributed by atoms with Crippen molar-refractivity contribution >= 4 is 34.7 Å². The average molecular weight is 516 g/mol. The summed E-state index contributed by atoms with van der Waals surface area (Å²) in [7, 11) is 2.08. The summed E-state index contributed by atoms with van der Waals surface area (Å²) in [4.78, 5) is 30.3. The molecular formula is C27H30FN9O. The molecule has 1 aliphatic rings. The number of carbonyl (C=O) groups excluding carboxylic acids is 1. The van der Waals surface area contributed by atoms with E-state index in [9.17, 15) is 9.18 Å². The van der Waals surface area contributed by atoms with Crippen molar-refractivity contribution in [2.45, 2.75) is 13.6 Å². The lowest BCUT2D eigenvalue weighted by Gasteiger charge is -2.34. The molecule has 0 radical (unpaired) electrons. The number of hydrogen-bond donors (Lipinski definition) is 3. The van der Waals surface area contributed by atoms with Crippen LogP contribution in [0.5, 0.6) is 0 Å². The molecule has 0 atom stereocenters. The molecule has 0 aliphatic carbocycles. The third-order valence-corrected chi connectivity index (χ3v) is 6.57. The van der Waals surface area contributed by atoms with Gasteiger partial charge in [0.05, 0.1) is 0 Å². The van der Waals surface area contributed by atoms with Crippen LogP contribution in [0.3, 0.4) is 0 Å². The number of likely N-dealkylation sites (N-methyl/N-ethyl adjacent to an activating group) is 1. The molecular weight excluding hydrogens is 485 g/mol. The number of rotatable bonds is 7. The standard InChI is InChI=1S/C27H30FN9O/c1-18-3-4-21(14-23(18)34-27-30-5-6-37(27)25-15-24(29)31-17-32-25)33-26(38)20-11-19(16-28)12-22(13-20)36-9-7-35(2)8-10-36/h3-6,11-15,17H,7-10,16H2,1-2H3,(H,30,34)(H,33,38)(H2,29,31,32). The average Bonchev–Trinajstić information content (AvgIpc) is 3.39. The van der Waals surface area contributed by atoms with Crippen LogP contribution in [0.4, 0.5) is 33.2 Å². The smallest absolute Gasteiger partial charge is 0.255 e. The lowest BCUT2D eigenvalue weighted by molar-refractivity contribution is 0.102. The molecule has 0 spiro atoms. The first-order valence-corrected chi connectivity index (χ1v) is 12.3. The molecule has 1 fully saturated rings. The fourth-order valence-corrected chi connectivity index (χ4v) is 4.36. The number of halogens is 1. The van der Waals surface area contributed by atoms with E-state index in [1.54, 1.807) is 29.1 Å². The van der Waals surface area contributed by atoms with Gasteiger partial charge in [0.15, 0.2) is 0 Å². The summed E-state index contributed by atoms with van der Waals surface area (Å²) in [6.45, 7) is 4.82. The Morgan fingerprint density at radius 3 is 2.63 bits per heavy atom. The SMILES string of the molecule is Cc1ccc(NC(=O)c2cc(CF)cc(N3CCN(C)CC3)c2)cc1Nc1nccn1-c1cc(N)ncn1. The van der Waals surface area contributed by atoms with E-state index >= 15 is 0 Å². The van der Waals surface area contributed by atoms with Crippen molar-refractivity contribution in [3.8, 4) is 5.82 Å². The maximum Gasteiger partial charge on any atom is 0.255 e. The van der Waals surface area contributed by atoms with Crippen LogP contribution < -0.4 is 21.3 Å². The molecule has 11 heteroatoms. The largest absolute Gasteiger partial charge is 0.384 e. The molecule has 10 nitrogen and oxygen atoms in total. The fraction of sp³-hybridized carbons (Fsp3) is 0.259. The lowest BCUT2D eigenvalue weighted by Crippen LogP contribution is -2.44. The molecule has 0 saturated carbocycles. The van der Waals surface area contributed by atoms with Crippen molar-refractivity contribution in [2.75, 3.05) is 54.5 Å². The van der Waals surface area contributed by atoms with Crippen LogP contribution in [0.2, 0.25) is 0 Å². The number of imidazole rings is 1. The Hall–Kier alpha value is -4.51. The van der Waals surface area contributed by atoms with Crippen molar-refractivity contribution < 1.29 is 9.18 Å². The lowest BCUT2D eigenvalue weighted by atomic mass is 10.1. The Labute approximate surface area is 220 Å². The third kappa shape index (κ3) is 5.57. The number of hydrogen-bond acceptors (Lipinski definition) is 8. The number of amides is 1. The second-order valence-corrected chi connectivity index (χ2v) is 9.34.